The first-order valence-electron chi connectivity index (χ1n) is 12.1. The summed E-state index contributed by atoms with van der Waals surface area (Å²) in [5.74, 6) is 0.862. The number of benzene rings is 4. The van der Waals surface area contributed by atoms with Gasteiger partial charge in [-0.25, -0.2) is 0 Å². The zero-order valence-electron chi connectivity index (χ0n) is 19.4. The first kappa shape index (κ1) is 22.4. The first-order valence-corrected chi connectivity index (χ1v) is 12.1. The molecule has 0 amide bonds. The summed E-state index contributed by atoms with van der Waals surface area (Å²) in [5.41, 5.74) is 7.20. The number of ether oxygens (including phenoxy) is 1. The number of hydrogen-bond acceptors (Lipinski definition) is 3. The largest absolute Gasteiger partial charge is 0.489 e. The summed E-state index contributed by atoms with van der Waals surface area (Å²) in [6, 6.07) is 35.6. The Bertz CT molecular complexity index is 1210. The number of fused-ring (bicyclic) bond motifs is 1. The van der Waals surface area contributed by atoms with E-state index in [0.717, 1.165) is 42.8 Å². The van der Waals surface area contributed by atoms with Gasteiger partial charge in [0, 0.05) is 19.6 Å². The van der Waals surface area contributed by atoms with Crippen LogP contribution in [-0.4, -0.2) is 29.6 Å². The molecule has 0 saturated carbocycles. The molecule has 0 aliphatic carbocycles. The Balaban J connectivity index is 1.20. The van der Waals surface area contributed by atoms with Crippen molar-refractivity contribution >= 4 is 0 Å². The number of β-amino-alcohol motifs (C(OH)–C–C–N with tert-alkyl or cyclic N) is 1. The van der Waals surface area contributed by atoms with Crippen LogP contribution in [0.3, 0.4) is 0 Å². The van der Waals surface area contributed by atoms with Gasteiger partial charge in [-0.3, -0.25) is 4.90 Å². The second-order valence-corrected chi connectivity index (χ2v) is 9.02. The van der Waals surface area contributed by atoms with E-state index in [9.17, 15) is 5.11 Å². The Kier molecular flexibility index (Phi) is 7.04. The van der Waals surface area contributed by atoms with E-state index in [1.54, 1.807) is 0 Å². The summed E-state index contributed by atoms with van der Waals surface area (Å²) in [6.07, 6.45) is 1.41. The molecule has 1 aliphatic rings. The Morgan fingerprint density at radius 2 is 1.50 bits per heavy atom. The highest BCUT2D eigenvalue weighted by molar-refractivity contribution is 5.63. The minimum atomic E-state index is -0.476. The molecule has 1 aliphatic heterocycles. The Labute approximate surface area is 202 Å². The van der Waals surface area contributed by atoms with Crippen molar-refractivity contribution in [3.8, 4) is 16.9 Å². The van der Waals surface area contributed by atoms with Crippen molar-refractivity contribution in [1.29, 1.82) is 0 Å². The maximum atomic E-state index is 10.9. The number of aliphatic hydroxyl groups excluding tert-OH is 1. The van der Waals surface area contributed by atoms with Crippen LogP contribution in [0, 0.1) is 0 Å². The molecule has 3 nitrogen and oxygen atoms in total. The summed E-state index contributed by atoms with van der Waals surface area (Å²) < 4.78 is 6.02. The van der Waals surface area contributed by atoms with E-state index in [1.807, 2.05) is 36.4 Å². The van der Waals surface area contributed by atoms with Gasteiger partial charge in [-0.2, -0.15) is 0 Å². The van der Waals surface area contributed by atoms with Crippen LogP contribution in [0.5, 0.6) is 5.75 Å². The molecule has 0 aromatic heterocycles. The number of rotatable bonds is 7. The van der Waals surface area contributed by atoms with Crippen molar-refractivity contribution in [3.63, 3.8) is 0 Å². The summed E-state index contributed by atoms with van der Waals surface area (Å²) in [7, 11) is 0. The van der Waals surface area contributed by atoms with Crippen LogP contribution in [0.1, 0.15) is 28.4 Å². The molecule has 0 radical (unpaired) electrons. The number of aliphatic hydroxyl groups is 1. The predicted octanol–water partition coefficient (Wildman–Crippen LogP) is 6.07. The zero-order valence-corrected chi connectivity index (χ0v) is 19.4. The normalized spacial score (nSPS) is 16.0. The molecule has 1 atom stereocenters. The lowest BCUT2D eigenvalue weighted by Crippen LogP contribution is -2.30. The molecule has 1 N–H and O–H groups in total. The van der Waals surface area contributed by atoms with Gasteiger partial charge in [0.1, 0.15) is 12.4 Å². The topological polar surface area (TPSA) is 32.7 Å². The summed E-state index contributed by atoms with van der Waals surface area (Å²) in [5, 5.41) is 10.9. The molecule has 0 bridgehead atoms. The summed E-state index contributed by atoms with van der Waals surface area (Å²) in [6.45, 7) is 3.08. The quantitative estimate of drug-likeness (QED) is 0.372. The van der Waals surface area contributed by atoms with Crippen LogP contribution in [-0.2, 0) is 19.4 Å². The minimum Gasteiger partial charge on any atom is -0.489 e. The van der Waals surface area contributed by atoms with Gasteiger partial charge >= 0.3 is 0 Å². The van der Waals surface area contributed by atoms with E-state index in [1.165, 1.54) is 22.3 Å². The van der Waals surface area contributed by atoms with Crippen molar-refractivity contribution in [2.45, 2.75) is 25.6 Å². The standard InChI is InChI=1S/C31H31NO2/c33-31-22-32(18-16-24-10-7-13-27(20-24)26-11-5-2-6-12-26)19-17-28-21-29(14-15-30(28)31)34-23-25-8-3-1-4-9-25/h1-15,20-21,31,33H,16-19,22-23H2. The molecule has 0 saturated heterocycles. The van der Waals surface area contributed by atoms with Gasteiger partial charge in [0.05, 0.1) is 6.10 Å². The third-order valence-electron chi connectivity index (χ3n) is 6.60. The van der Waals surface area contributed by atoms with Gasteiger partial charge in [-0.05, 0) is 58.4 Å². The fraction of sp³-hybridized carbons (Fsp3) is 0.226. The van der Waals surface area contributed by atoms with Gasteiger partial charge < -0.3 is 9.84 Å². The van der Waals surface area contributed by atoms with Crippen LogP contribution in [0.15, 0.2) is 103 Å². The molecule has 1 heterocycles. The third kappa shape index (κ3) is 5.56. The molecule has 34 heavy (non-hydrogen) atoms. The van der Waals surface area contributed by atoms with Gasteiger partial charge in [0.25, 0.3) is 0 Å². The average molecular weight is 450 g/mol. The molecule has 3 heteroatoms. The van der Waals surface area contributed by atoms with Gasteiger partial charge in [0.2, 0.25) is 0 Å². The highest BCUT2D eigenvalue weighted by atomic mass is 16.5. The van der Waals surface area contributed by atoms with Crippen LogP contribution in [0.25, 0.3) is 11.1 Å². The molecule has 4 aromatic rings. The molecule has 5 rings (SSSR count). The third-order valence-corrected chi connectivity index (χ3v) is 6.60. The second-order valence-electron chi connectivity index (χ2n) is 9.02. The molecule has 0 fully saturated rings. The zero-order chi connectivity index (χ0) is 23.2. The van der Waals surface area contributed by atoms with Crippen molar-refractivity contribution in [3.05, 3.63) is 125 Å². The summed E-state index contributed by atoms with van der Waals surface area (Å²) in [4.78, 5) is 2.38. The molecule has 172 valence electrons. The van der Waals surface area contributed by atoms with E-state index >= 15 is 0 Å². The monoisotopic (exact) mass is 449 g/mol. The van der Waals surface area contributed by atoms with Crippen LogP contribution < -0.4 is 4.74 Å². The maximum absolute atomic E-state index is 10.9. The molecule has 1 unspecified atom stereocenters. The van der Waals surface area contributed by atoms with E-state index in [4.69, 9.17) is 4.74 Å². The van der Waals surface area contributed by atoms with Crippen molar-refractivity contribution in [2.24, 2.45) is 0 Å². The SMILES string of the molecule is OC1CN(CCc2cccc(-c3ccccc3)c2)CCc2cc(OCc3ccccc3)ccc21. The van der Waals surface area contributed by atoms with E-state index in [0.29, 0.717) is 13.2 Å². The highest BCUT2D eigenvalue weighted by Crippen LogP contribution is 2.28. The van der Waals surface area contributed by atoms with Crippen molar-refractivity contribution in [2.75, 3.05) is 19.6 Å². The number of hydrogen-bond donors (Lipinski definition) is 1. The smallest absolute Gasteiger partial charge is 0.120 e. The fourth-order valence-electron chi connectivity index (χ4n) is 4.69. The summed E-state index contributed by atoms with van der Waals surface area (Å²) >= 11 is 0. The molecular formula is C31H31NO2. The lowest BCUT2D eigenvalue weighted by molar-refractivity contribution is 0.121. The van der Waals surface area contributed by atoms with Gasteiger partial charge in [-0.1, -0.05) is 91.0 Å². The van der Waals surface area contributed by atoms with Gasteiger partial charge in [0.15, 0.2) is 0 Å². The lowest BCUT2D eigenvalue weighted by atomic mass is 10.0. The highest BCUT2D eigenvalue weighted by Gasteiger charge is 2.21. The molecular weight excluding hydrogens is 418 g/mol. The van der Waals surface area contributed by atoms with E-state index in [2.05, 4.69) is 71.6 Å². The van der Waals surface area contributed by atoms with Crippen LogP contribution in [0.4, 0.5) is 0 Å². The first-order chi connectivity index (χ1) is 16.7. The molecule has 4 aromatic carbocycles. The maximum Gasteiger partial charge on any atom is 0.120 e. The number of nitrogens with zero attached hydrogens (tertiary/aromatic N) is 1. The predicted molar refractivity (Wildman–Crippen MR) is 138 cm³/mol. The van der Waals surface area contributed by atoms with E-state index in [-0.39, 0.29) is 0 Å². The van der Waals surface area contributed by atoms with Crippen molar-refractivity contribution in [1.82, 2.24) is 4.90 Å². The lowest BCUT2D eigenvalue weighted by Gasteiger charge is -2.22. The Morgan fingerprint density at radius 1 is 0.765 bits per heavy atom. The van der Waals surface area contributed by atoms with Crippen LogP contribution >= 0.6 is 0 Å². The van der Waals surface area contributed by atoms with Crippen molar-refractivity contribution < 1.29 is 9.84 Å². The fourth-order valence-corrected chi connectivity index (χ4v) is 4.69. The second kappa shape index (κ2) is 10.7. The average Bonchev–Trinajstić information content (AvgIpc) is 3.05. The van der Waals surface area contributed by atoms with E-state index < -0.39 is 6.10 Å². The van der Waals surface area contributed by atoms with Gasteiger partial charge in [-0.15, -0.1) is 0 Å². The molecule has 0 spiro atoms. The Hall–Kier alpha value is -3.40. The Morgan fingerprint density at radius 3 is 2.32 bits per heavy atom. The van der Waals surface area contributed by atoms with Crippen LogP contribution in [0.2, 0.25) is 0 Å². The minimum absolute atomic E-state index is 0.476.